The number of rotatable bonds is 6. The van der Waals surface area contributed by atoms with Crippen LogP contribution >= 0.6 is 0 Å². The number of carbonyl (C=O) groups is 1. The molecule has 0 bridgehead atoms. The van der Waals surface area contributed by atoms with Crippen molar-refractivity contribution in [1.82, 2.24) is 0 Å². The zero-order chi connectivity index (χ0) is 11.3. The molecule has 4 nitrogen and oxygen atoms in total. The molecule has 1 saturated heterocycles. The van der Waals surface area contributed by atoms with Crippen LogP contribution in [0.4, 0.5) is 4.79 Å². The van der Waals surface area contributed by atoms with Gasteiger partial charge in [-0.1, -0.05) is 39.2 Å². The second-order valence-corrected chi connectivity index (χ2v) is 3.77. The molecule has 1 N–H and O–H groups in total. The lowest BCUT2D eigenvalue weighted by atomic mass is 10.0. The average Bonchev–Trinajstić information content (AvgIpc) is 2.52. The van der Waals surface area contributed by atoms with Crippen LogP contribution in [0.2, 0.25) is 0 Å². The standard InChI is InChI=1S/C11H18O4/c1-3-4-5-6-7-9(12)10-8(2)14-11(13)15-10/h9-10,12H,2-7H2,1H3/t9-,10+/m1/s1. The molecule has 0 spiro atoms. The molecule has 2 atom stereocenters. The van der Waals surface area contributed by atoms with Crippen molar-refractivity contribution in [2.75, 3.05) is 0 Å². The Balaban J connectivity index is 2.24. The zero-order valence-electron chi connectivity index (χ0n) is 9.07. The highest BCUT2D eigenvalue weighted by molar-refractivity contribution is 5.65. The van der Waals surface area contributed by atoms with Gasteiger partial charge in [-0.3, -0.25) is 0 Å². The monoisotopic (exact) mass is 214 g/mol. The van der Waals surface area contributed by atoms with Crippen molar-refractivity contribution in [2.45, 2.75) is 51.2 Å². The first-order valence-corrected chi connectivity index (χ1v) is 5.40. The summed E-state index contributed by atoms with van der Waals surface area (Å²) < 4.78 is 9.39. The number of carbonyl (C=O) groups excluding carboxylic acids is 1. The number of unbranched alkanes of at least 4 members (excludes halogenated alkanes) is 3. The molecule has 4 heteroatoms. The van der Waals surface area contributed by atoms with Gasteiger partial charge in [-0.2, -0.15) is 0 Å². The Bertz CT molecular complexity index is 237. The third kappa shape index (κ3) is 3.55. The van der Waals surface area contributed by atoms with Crippen LogP contribution in [0.5, 0.6) is 0 Å². The highest BCUT2D eigenvalue weighted by Gasteiger charge is 2.35. The van der Waals surface area contributed by atoms with E-state index in [1.165, 1.54) is 0 Å². The number of aliphatic hydroxyl groups is 1. The molecule has 0 unspecified atom stereocenters. The molecular formula is C11H18O4. The molecule has 1 aliphatic rings. The van der Waals surface area contributed by atoms with Crippen LogP contribution in [0, 0.1) is 0 Å². The lowest BCUT2D eigenvalue weighted by Gasteiger charge is -2.14. The Labute approximate surface area is 89.9 Å². The third-order valence-corrected chi connectivity index (χ3v) is 2.46. The fraction of sp³-hybridized carbons (Fsp3) is 0.727. The topological polar surface area (TPSA) is 55.8 Å². The molecule has 0 radical (unpaired) electrons. The summed E-state index contributed by atoms with van der Waals surface area (Å²) in [6.45, 7) is 5.65. The van der Waals surface area contributed by atoms with Gasteiger partial charge in [-0.25, -0.2) is 4.79 Å². The summed E-state index contributed by atoms with van der Waals surface area (Å²) in [7, 11) is 0. The molecule has 0 amide bonds. The third-order valence-electron chi connectivity index (χ3n) is 2.46. The molecule has 1 fully saturated rings. The van der Waals surface area contributed by atoms with Gasteiger partial charge >= 0.3 is 6.16 Å². The Morgan fingerprint density at radius 3 is 2.73 bits per heavy atom. The molecule has 0 aromatic rings. The second kappa shape index (κ2) is 5.75. The Kier molecular flexibility index (Phi) is 4.62. The largest absolute Gasteiger partial charge is 0.514 e. The van der Waals surface area contributed by atoms with Gasteiger partial charge in [-0.05, 0) is 6.42 Å². The van der Waals surface area contributed by atoms with E-state index in [0.717, 1.165) is 25.7 Å². The van der Waals surface area contributed by atoms with E-state index in [-0.39, 0.29) is 5.76 Å². The van der Waals surface area contributed by atoms with E-state index in [9.17, 15) is 9.90 Å². The van der Waals surface area contributed by atoms with E-state index < -0.39 is 18.4 Å². The van der Waals surface area contributed by atoms with Crippen molar-refractivity contribution in [2.24, 2.45) is 0 Å². The van der Waals surface area contributed by atoms with Gasteiger partial charge in [0, 0.05) is 0 Å². The van der Waals surface area contributed by atoms with Crippen molar-refractivity contribution < 1.29 is 19.4 Å². The van der Waals surface area contributed by atoms with Crippen LogP contribution in [0.25, 0.3) is 0 Å². The molecule has 0 saturated carbocycles. The lowest BCUT2D eigenvalue weighted by molar-refractivity contribution is 0.0349. The summed E-state index contributed by atoms with van der Waals surface area (Å²) in [6, 6.07) is 0. The van der Waals surface area contributed by atoms with Crippen molar-refractivity contribution in [3.8, 4) is 0 Å². The zero-order valence-corrected chi connectivity index (χ0v) is 9.07. The average molecular weight is 214 g/mol. The van der Waals surface area contributed by atoms with E-state index in [0.29, 0.717) is 6.42 Å². The van der Waals surface area contributed by atoms with E-state index in [1.807, 2.05) is 0 Å². The van der Waals surface area contributed by atoms with Gasteiger partial charge in [0.2, 0.25) is 0 Å². The lowest BCUT2D eigenvalue weighted by Crippen LogP contribution is -2.26. The molecule has 0 aliphatic carbocycles. The molecule has 15 heavy (non-hydrogen) atoms. The summed E-state index contributed by atoms with van der Waals surface area (Å²) in [5.41, 5.74) is 0. The second-order valence-electron chi connectivity index (χ2n) is 3.77. The predicted molar refractivity (Wildman–Crippen MR) is 55.3 cm³/mol. The summed E-state index contributed by atoms with van der Waals surface area (Å²) in [4.78, 5) is 10.7. The predicted octanol–water partition coefficient (Wildman–Crippen LogP) is 2.37. The smallest absolute Gasteiger partial charge is 0.420 e. The number of ether oxygens (including phenoxy) is 2. The van der Waals surface area contributed by atoms with Gasteiger partial charge in [0.1, 0.15) is 5.76 Å². The van der Waals surface area contributed by atoms with Gasteiger partial charge in [0.15, 0.2) is 6.10 Å². The number of hydrogen-bond donors (Lipinski definition) is 1. The Morgan fingerprint density at radius 1 is 1.47 bits per heavy atom. The fourth-order valence-corrected chi connectivity index (χ4v) is 1.58. The quantitative estimate of drug-likeness (QED) is 0.544. The van der Waals surface area contributed by atoms with Crippen LogP contribution in [-0.4, -0.2) is 23.5 Å². The molecule has 86 valence electrons. The number of hydrogen-bond acceptors (Lipinski definition) is 4. The van der Waals surface area contributed by atoms with E-state index in [4.69, 9.17) is 4.74 Å². The first-order chi connectivity index (χ1) is 7.15. The summed E-state index contributed by atoms with van der Waals surface area (Å²) in [5.74, 6) is 0.211. The van der Waals surface area contributed by atoms with Gasteiger partial charge < -0.3 is 14.6 Å². The van der Waals surface area contributed by atoms with Gasteiger partial charge in [-0.15, -0.1) is 0 Å². The van der Waals surface area contributed by atoms with E-state index >= 15 is 0 Å². The first-order valence-electron chi connectivity index (χ1n) is 5.40. The fourth-order valence-electron chi connectivity index (χ4n) is 1.58. The van der Waals surface area contributed by atoms with Crippen LogP contribution in [-0.2, 0) is 9.47 Å². The van der Waals surface area contributed by atoms with Crippen LogP contribution in [0.15, 0.2) is 12.3 Å². The Morgan fingerprint density at radius 2 is 2.20 bits per heavy atom. The summed E-state index contributed by atoms with van der Waals surface area (Å²) in [6.07, 6.45) is 2.80. The minimum absolute atomic E-state index is 0.211. The minimum Gasteiger partial charge on any atom is -0.420 e. The van der Waals surface area contributed by atoms with Crippen LogP contribution < -0.4 is 0 Å². The molecular weight excluding hydrogens is 196 g/mol. The SMILES string of the molecule is C=C1OC(=O)O[C@@H]1[C@H](O)CCCCCC. The number of cyclic esters (lactones) is 2. The van der Waals surface area contributed by atoms with Gasteiger partial charge in [0.05, 0.1) is 6.10 Å². The molecule has 0 aromatic heterocycles. The highest BCUT2D eigenvalue weighted by Crippen LogP contribution is 2.23. The van der Waals surface area contributed by atoms with Crippen LogP contribution in [0.1, 0.15) is 39.0 Å². The molecule has 0 aromatic carbocycles. The maximum atomic E-state index is 10.7. The molecule has 1 aliphatic heterocycles. The molecule has 1 heterocycles. The molecule has 1 rings (SSSR count). The maximum Gasteiger partial charge on any atom is 0.514 e. The van der Waals surface area contributed by atoms with Crippen molar-refractivity contribution in [1.29, 1.82) is 0 Å². The summed E-state index contributed by atoms with van der Waals surface area (Å²) in [5, 5.41) is 9.72. The van der Waals surface area contributed by atoms with Gasteiger partial charge in [0.25, 0.3) is 0 Å². The highest BCUT2D eigenvalue weighted by atomic mass is 16.8. The van der Waals surface area contributed by atoms with Crippen molar-refractivity contribution in [3.05, 3.63) is 12.3 Å². The first kappa shape index (κ1) is 12.0. The van der Waals surface area contributed by atoms with E-state index in [2.05, 4.69) is 18.2 Å². The summed E-state index contributed by atoms with van der Waals surface area (Å²) >= 11 is 0. The maximum absolute atomic E-state index is 10.7. The Hall–Kier alpha value is -1.03. The van der Waals surface area contributed by atoms with E-state index in [1.54, 1.807) is 0 Å². The van der Waals surface area contributed by atoms with Crippen molar-refractivity contribution in [3.63, 3.8) is 0 Å². The normalized spacial score (nSPS) is 22.4. The minimum atomic E-state index is -0.766. The number of aliphatic hydroxyl groups excluding tert-OH is 1. The van der Waals surface area contributed by atoms with Crippen molar-refractivity contribution >= 4 is 6.16 Å². The van der Waals surface area contributed by atoms with Crippen LogP contribution in [0.3, 0.4) is 0 Å².